The Balaban J connectivity index is 0.984. The maximum Gasteiger partial charge on any atom is 0.160 e. The number of methoxy groups -OCH3 is 1. The van der Waals surface area contributed by atoms with Crippen LogP contribution in [0.3, 0.4) is 0 Å². The minimum Gasteiger partial charge on any atom is -0.504 e. The summed E-state index contributed by atoms with van der Waals surface area (Å²) in [5.41, 5.74) is 9.03. The number of dihydropyridines is 1. The molecule has 62 heavy (non-hydrogen) atoms. The number of allylic oxidation sites excluding steroid dienone is 3. The van der Waals surface area contributed by atoms with Crippen molar-refractivity contribution in [2.24, 2.45) is 34.8 Å². The van der Waals surface area contributed by atoms with Gasteiger partial charge in [0.1, 0.15) is 11.2 Å². The van der Waals surface area contributed by atoms with Gasteiger partial charge >= 0.3 is 0 Å². The van der Waals surface area contributed by atoms with Gasteiger partial charge in [0.2, 0.25) is 0 Å². The fourth-order valence-electron chi connectivity index (χ4n) is 12.2. The van der Waals surface area contributed by atoms with Crippen LogP contribution >= 0.6 is 0 Å². The molecule has 2 spiro atoms. The minimum atomic E-state index is -1.15. The number of Topliss-reactive ketones (excluding diaryl/α,β-unsaturated/α-hetero) is 2. The van der Waals surface area contributed by atoms with E-state index in [-0.39, 0.29) is 35.3 Å². The molecule has 7 N–H and O–H groups in total. The highest BCUT2D eigenvalue weighted by Gasteiger charge is 2.50. The molecule has 9 heteroatoms. The highest BCUT2D eigenvalue weighted by molar-refractivity contribution is 5.89. The number of aryl methyl sites for hydroxylation is 1. The number of fused-ring (bicyclic) bond motifs is 2. The number of benzene rings is 2. The maximum absolute atomic E-state index is 14.4. The van der Waals surface area contributed by atoms with E-state index in [1.54, 1.807) is 6.07 Å². The van der Waals surface area contributed by atoms with E-state index in [2.05, 4.69) is 52.8 Å². The van der Waals surface area contributed by atoms with Gasteiger partial charge in [0.25, 0.3) is 0 Å². The van der Waals surface area contributed by atoms with Gasteiger partial charge in [-0.15, -0.1) is 0 Å². The summed E-state index contributed by atoms with van der Waals surface area (Å²) in [5.74, 6) is 9.34. The van der Waals surface area contributed by atoms with Crippen LogP contribution < -0.4 is 21.1 Å². The van der Waals surface area contributed by atoms with Gasteiger partial charge < -0.3 is 36.4 Å². The second kappa shape index (κ2) is 19.6. The van der Waals surface area contributed by atoms with Crippen LogP contribution in [0.2, 0.25) is 0 Å². The van der Waals surface area contributed by atoms with Crippen molar-refractivity contribution in [1.82, 2.24) is 10.6 Å². The number of nitrogens with one attached hydrogen (secondary N) is 2. The zero-order valence-electron chi connectivity index (χ0n) is 36.8. The predicted molar refractivity (Wildman–Crippen MR) is 244 cm³/mol. The first kappa shape index (κ1) is 44.3. The molecule has 4 fully saturated rings. The zero-order valence-corrected chi connectivity index (χ0v) is 36.8. The van der Waals surface area contributed by atoms with E-state index >= 15 is 0 Å². The maximum atomic E-state index is 14.4. The van der Waals surface area contributed by atoms with Crippen molar-refractivity contribution in [1.29, 1.82) is 0 Å². The van der Waals surface area contributed by atoms with Crippen molar-refractivity contribution in [2.45, 2.75) is 152 Å². The number of carbonyl (C=O) groups excluding carboxylic acids is 2. The number of ether oxygens (including phenoxy) is 1. The van der Waals surface area contributed by atoms with E-state index in [0.29, 0.717) is 99.1 Å². The number of aromatic hydroxyl groups is 1. The van der Waals surface area contributed by atoms with Gasteiger partial charge in [0.15, 0.2) is 17.3 Å². The second-order valence-electron chi connectivity index (χ2n) is 19.6. The number of rotatable bonds is 12. The lowest BCUT2D eigenvalue weighted by Gasteiger charge is -2.54. The molecule has 9 atom stereocenters. The summed E-state index contributed by atoms with van der Waals surface area (Å²) < 4.78 is 5.51. The topological polar surface area (TPSA) is 154 Å². The smallest absolute Gasteiger partial charge is 0.160 e. The van der Waals surface area contributed by atoms with E-state index in [4.69, 9.17) is 10.5 Å². The quantitative estimate of drug-likeness (QED) is 0.116. The van der Waals surface area contributed by atoms with Crippen LogP contribution in [-0.2, 0) is 16.0 Å². The SMILES string of the molecule is COc1cc2c(cc1O)C(CCC(O)CC(C=Cc1ccccc1)C1=CCNC(N)=C1)C#CC1(CCC(CCC3CC4CCC(=O)CC4NC34CCCCC4)CC1O)C(=O)CC2. The van der Waals surface area contributed by atoms with Crippen LogP contribution in [0.1, 0.15) is 138 Å². The van der Waals surface area contributed by atoms with Crippen molar-refractivity contribution >= 4 is 17.6 Å². The molecule has 8 rings (SSSR count). The van der Waals surface area contributed by atoms with E-state index in [9.17, 15) is 24.9 Å². The summed E-state index contributed by atoms with van der Waals surface area (Å²) in [5, 5.41) is 42.1. The van der Waals surface area contributed by atoms with Crippen LogP contribution in [0, 0.1) is 40.9 Å². The third-order valence-electron chi connectivity index (χ3n) is 15.8. The number of carbonyl (C=O) groups is 2. The number of phenolic OH excluding ortho intramolecular Hbond substituents is 1. The molecule has 0 radical (unpaired) electrons. The lowest BCUT2D eigenvalue weighted by atomic mass is 9.60. The predicted octanol–water partition coefficient (Wildman–Crippen LogP) is 8.17. The fourth-order valence-corrected chi connectivity index (χ4v) is 12.2. The number of hydrogen-bond acceptors (Lipinski definition) is 9. The summed E-state index contributed by atoms with van der Waals surface area (Å²) in [7, 11) is 1.52. The van der Waals surface area contributed by atoms with Gasteiger partial charge in [-0.1, -0.05) is 86.1 Å². The Morgan fingerprint density at radius 2 is 1.82 bits per heavy atom. The lowest BCUT2D eigenvalue weighted by molar-refractivity contribution is -0.134. The van der Waals surface area contributed by atoms with E-state index < -0.39 is 17.6 Å². The Morgan fingerprint density at radius 3 is 2.60 bits per heavy atom. The van der Waals surface area contributed by atoms with Gasteiger partial charge in [0.05, 0.1) is 25.1 Å². The first-order valence-electron chi connectivity index (χ1n) is 23.8. The molecule has 0 aromatic heterocycles. The van der Waals surface area contributed by atoms with Gasteiger partial charge in [0, 0.05) is 49.2 Å². The molecule has 2 aromatic rings. The van der Waals surface area contributed by atoms with Crippen LogP contribution in [-0.4, -0.2) is 64.3 Å². The summed E-state index contributed by atoms with van der Waals surface area (Å²) in [6.07, 6.45) is 22.7. The van der Waals surface area contributed by atoms with Crippen LogP contribution in [0.25, 0.3) is 6.08 Å². The molecule has 2 heterocycles. The van der Waals surface area contributed by atoms with Crippen molar-refractivity contribution in [3.8, 4) is 23.3 Å². The fraction of sp³-hybridized carbons (Fsp3) is 0.585. The standard InChI is InChI=1S/C53H69N3O6/c1-62-48-31-40-15-19-49(60)52(25-20-36(28-50(52)61)11-16-42-29-41-14-18-44(58)33-46(41)56-53(42)23-6-3-7-24-53)26-21-37(45(40)34-47(48)59)13-17-43(57)30-38(39-22-27-55-51(54)32-39)12-10-35-8-4-2-5-9-35/h2,4-5,8-10,12,22,31-32,34,36-38,41-43,46,50,55-57,59,61H,3,6-7,11,13-20,23-25,27-30,33,54H2,1H3. The van der Waals surface area contributed by atoms with Gasteiger partial charge in [-0.2, -0.15) is 0 Å². The lowest BCUT2D eigenvalue weighted by Crippen LogP contribution is -2.63. The summed E-state index contributed by atoms with van der Waals surface area (Å²) in [6.45, 7) is 0.626. The normalized spacial score (nSPS) is 30.6. The molecule has 6 aliphatic rings. The second-order valence-corrected chi connectivity index (χ2v) is 19.6. The zero-order chi connectivity index (χ0) is 43.3. The monoisotopic (exact) mass is 844 g/mol. The van der Waals surface area contributed by atoms with Crippen molar-refractivity contribution in [3.63, 3.8) is 0 Å². The minimum absolute atomic E-state index is 0.0132. The Morgan fingerprint density at radius 1 is 1.00 bits per heavy atom. The average molecular weight is 844 g/mol. The molecule has 3 saturated carbocycles. The molecule has 332 valence electrons. The molecule has 0 bridgehead atoms. The number of phenols is 1. The highest BCUT2D eigenvalue weighted by atomic mass is 16.5. The molecule has 9 unspecified atom stereocenters. The number of piperidine rings is 1. The number of aliphatic hydroxyl groups is 2. The number of ketones is 2. The molecule has 2 aromatic carbocycles. The Labute approximate surface area is 369 Å². The third-order valence-corrected chi connectivity index (χ3v) is 15.8. The number of aliphatic hydroxyl groups excluding tert-OH is 2. The Bertz CT molecular complexity index is 2080. The molecule has 4 aliphatic carbocycles. The van der Waals surface area contributed by atoms with E-state index in [1.807, 2.05) is 30.3 Å². The van der Waals surface area contributed by atoms with Crippen LogP contribution in [0.15, 0.2) is 72.1 Å². The average Bonchev–Trinajstić information content (AvgIpc) is 3.32. The van der Waals surface area contributed by atoms with Gasteiger partial charge in [-0.05, 0) is 135 Å². The first-order chi connectivity index (χ1) is 30.0. The number of hydrogen-bond donors (Lipinski definition) is 6. The van der Waals surface area contributed by atoms with Crippen LogP contribution in [0.4, 0.5) is 0 Å². The van der Waals surface area contributed by atoms with E-state index in [1.165, 1.54) is 45.6 Å². The van der Waals surface area contributed by atoms with Gasteiger partial charge in [-0.25, -0.2) is 0 Å². The van der Waals surface area contributed by atoms with Crippen molar-refractivity contribution in [2.75, 3.05) is 13.7 Å². The highest BCUT2D eigenvalue weighted by Crippen LogP contribution is 2.49. The molecular weight excluding hydrogens is 775 g/mol. The summed E-state index contributed by atoms with van der Waals surface area (Å²) >= 11 is 0. The molecule has 9 nitrogen and oxygen atoms in total. The molecule has 1 saturated heterocycles. The molecule has 2 aliphatic heterocycles. The Hall–Kier alpha value is -4.36. The Kier molecular flexibility index (Phi) is 14.0. The molecular formula is C53H69N3O6. The number of nitrogens with two attached hydrogens (primary N) is 1. The van der Waals surface area contributed by atoms with Crippen molar-refractivity contribution < 1.29 is 29.6 Å². The van der Waals surface area contributed by atoms with Crippen LogP contribution in [0.5, 0.6) is 11.5 Å². The first-order valence-corrected chi connectivity index (χ1v) is 23.8. The molecule has 0 amide bonds. The third kappa shape index (κ3) is 9.88. The summed E-state index contributed by atoms with van der Waals surface area (Å²) in [6, 6.07) is 14.0. The van der Waals surface area contributed by atoms with E-state index in [0.717, 1.165) is 47.9 Å². The largest absolute Gasteiger partial charge is 0.504 e. The van der Waals surface area contributed by atoms with Gasteiger partial charge in [-0.3, -0.25) is 9.59 Å². The summed E-state index contributed by atoms with van der Waals surface area (Å²) in [4.78, 5) is 26.8. The van der Waals surface area contributed by atoms with Crippen molar-refractivity contribution in [3.05, 3.63) is 88.8 Å².